The summed E-state index contributed by atoms with van der Waals surface area (Å²) in [4.78, 5) is 4.36. The van der Waals surface area contributed by atoms with E-state index in [1.165, 1.54) is 5.71 Å². The van der Waals surface area contributed by atoms with E-state index in [1.54, 1.807) is 6.20 Å². The molecule has 0 aromatic heterocycles. The lowest BCUT2D eigenvalue weighted by Gasteiger charge is -2.18. The number of nitrogens with one attached hydrogen (secondary N) is 1. The number of nitrogens with two attached hydrogens (primary N) is 1. The van der Waals surface area contributed by atoms with Gasteiger partial charge in [0.05, 0.1) is 0 Å². The van der Waals surface area contributed by atoms with E-state index in [1.807, 2.05) is 19.3 Å². The zero-order valence-electron chi connectivity index (χ0n) is 8.25. The Bertz CT molecular complexity index is 251. The molecule has 1 aliphatic rings. The summed E-state index contributed by atoms with van der Waals surface area (Å²) in [6.07, 6.45) is 7.49. The summed E-state index contributed by atoms with van der Waals surface area (Å²) in [7, 11) is 1.86. The van der Waals surface area contributed by atoms with E-state index in [0.29, 0.717) is 5.92 Å². The molecule has 13 heavy (non-hydrogen) atoms. The van der Waals surface area contributed by atoms with Crippen LogP contribution in [-0.2, 0) is 0 Å². The van der Waals surface area contributed by atoms with E-state index < -0.39 is 0 Å². The van der Waals surface area contributed by atoms with Crippen molar-refractivity contribution in [2.24, 2.45) is 16.6 Å². The van der Waals surface area contributed by atoms with Crippen LogP contribution in [0.3, 0.4) is 0 Å². The number of allylic oxidation sites excluding steroid dienone is 2. The van der Waals surface area contributed by atoms with Gasteiger partial charge >= 0.3 is 0 Å². The topological polar surface area (TPSA) is 50.4 Å². The van der Waals surface area contributed by atoms with Crippen LogP contribution in [0.1, 0.15) is 19.8 Å². The van der Waals surface area contributed by atoms with Crippen LogP contribution >= 0.6 is 0 Å². The van der Waals surface area contributed by atoms with Crippen molar-refractivity contribution in [2.45, 2.75) is 19.8 Å². The van der Waals surface area contributed by atoms with Crippen LogP contribution in [0, 0.1) is 5.92 Å². The van der Waals surface area contributed by atoms with Gasteiger partial charge in [-0.05, 0) is 6.42 Å². The quantitative estimate of drug-likeness (QED) is 0.673. The van der Waals surface area contributed by atoms with Crippen LogP contribution in [-0.4, -0.2) is 12.8 Å². The first-order valence-electron chi connectivity index (χ1n) is 4.57. The summed E-state index contributed by atoms with van der Waals surface area (Å²) in [5, 5.41) is 2.90. The highest BCUT2D eigenvalue weighted by atomic mass is 14.8. The summed E-state index contributed by atoms with van der Waals surface area (Å²) in [6.45, 7) is 2.16. The summed E-state index contributed by atoms with van der Waals surface area (Å²) < 4.78 is 0. The lowest BCUT2D eigenvalue weighted by molar-refractivity contribution is 0.720. The van der Waals surface area contributed by atoms with E-state index in [-0.39, 0.29) is 0 Å². The Kier molecular flexibility index (Phi) is 3.55. The third kappa shape index (κ3) is 2.93. The Morgan fingerprint density at radius 3 is 3.08 bits per heavy atom. The maximum atomic E-state index is 5.72. The van der Waals surface area contributed by atoms with Crippen molar-refractivity contribution >= 4 is 5.71 Å². The largest absolute Gasteiger partial charge is 0.402 e. The van der Waals surface area contributed by atoms with Gasteiger partial charge in [0, 0.05) is 43.2 Å². The molecule has 0 bridgehead atoms. The Hall–Kier alpha value is -1.25. The van der Waals surface area contributed by atoms with Crippen molar-refractivity contribution in [1.29, 1.82) is 0 Å². The van der Waals surface area contributed by atoms with E-state index in [0.717, 1.165) is 18.5 Å². The van der Waals surface area contributed by atoms with Crippen LogP contribution in [0.25, 0.3) is 0 Å². The number of hydrogen-bond acceptors (Lipinski definition) is 3. The number of nitrogens with zero attached hydrogens (tertiary/aromatic N) is 1. The van der Waals surface area contributed by atoms with E-state index in [2.05, 4.69) is 17.2 Å². The molecule has 0 aromatic rings. The van der Waals surface area contributed by atoms with Gasteiger partial charge in [-0.3, -0.25) is 4.99 Å². The van der Waals surface area contributed by atoms with Crippen molar-refractivity contribution in [3.05, 3.63) is 24.2 Å². The summed E-state index contributed by atoms with van der Waals surface area (Å²) in [6, 6.07) is 0. The third-order valence-corrected chi connectivity index (χ3v) is 2.17. The second-order valence-electron chi connectivity index (χ2n) is 3.31. The first kappa shape index (κ1) is 9.84. The molecule has 0 amide bonds. The summed E-state index contributed by atoms with van der Waals surface area (Å²) >= 11 is 0. The van der Waals surface area contributed by atoms with Gasteiger partial charge in [-0.25, -0.2) is 0 Å². The number of rotatable bonds is 2. The standard InChI is InChI=1S/C10H17N3/c1-8-7-9(11)3-4-10(8)13-6-5-12-2/h3,5-6,8,12H,4,7,11H2,1-2H3/b6-5-,13-10+. The van der Waals surface area contributed by atoms with Crippen LogP contribution in [0.4, 0.5) is 0 Å². The Morgan fingerprint density at radius 2 is 2.46 bits per heavy atom. The molecule has 0 spiro atoms. The van der Waals surface area contributed by atoms with E-state index in [9.17, 15) is 0 Å². The minimum atomic E-state index is 0.478. The molecule has 0 radical (unpaired) electrons. The van der Waals surface area contributed by atoms with Crippen LogP contribution in [0.15, 0.2) is 29.2 Å². The van der Waals surface area contributed by atoms with Gasteiger partial charge in [0.15, 0.2) is 0 Å². The van der Waals surface area contributed by atoms with Gasteiger partial charge < -0.3 is 11.1 Å². The van der Waals surface area contributed by atoms with Gasteiger partial charge in [0.2, 0.25) is 0 Å². The third-order valence-electron chi connectivity index (χ3n) is 2.17. The molecule has 3 N–H and O–H groups in total. The molecule has 3 nitrogen and oxygen atoms in total. The minimum Gasteiger partial charge on any atom is -0.402 e. The average molecular weight is 179 g/mol. The molecule has 1 unspecified atom stereocenters. The smallest absolute Gasteiger partial charge is 0.0424 e. The lowest BCUT2D eigenvalue weighted by Crippen LogP contribution is -2.18. The summed E-state index contributed by atoms with van der Waals surface area (Å²) in [5.74, 6) is 0.478. The molecular weight excluding hydrogens is 162 g/mol. The van der Waals surface area contributed by atoms with Gasteiger partial charge in [-0.15, -0.1) is 0 Å². The molecule has 1 atom stereocenters. The second kappa shape index (κ2) is 4.70. The predicted octanol–water partition coefficient (Wildman–Crippen LogP) is 1.39. The first-order chi connectivity index (χ1) is 6.24. The average Bonchev–Trinajstić information content (AvgIpc) is 2.09. The van der Waals surface area contributed by atoms with Gasteiger partial charge in [-0.2, -0.15) is 0 Å². The Balaban J connectivity index is 2.61. The molecule has 0 fully saturated rings. The fraction of sp³-hybridized carbons (Fsp3) is 0.500. The minimum absolute atomic E-state index is 0.478. The van der Waals surface area contributed by atoms with Crippen molar-refractivity contribution in [2.75, 3.05) is 7.05 Å². The highest BCUT2D eigenvalue weighted by Crippen LogP contribution is 2.18. The van der Waals surface area contributed by atoms with E-state index >= 15 is 0 Å². The monoisotopic (exact) mass is 179 g/mol. The van der Waals surface area contributed by atoms with Crippen molar-refractivity contribution < 1.29 is 0 Å². The van der Waals surface area contributed by atoms with Crippen LogP contribution in [0.5, 0.6) is 0 Å². The molecule has 1 rings (SSSR count). The van der Waals surface area contributed by atoms with Crippen LogP contribution < -0.4 is 11.1 Å². The molecule has 0 heterocycles. The lowest BCUT2D eigenvalue weighted by atomic mass is 9.92. The summed E-state index contributed by atoms with van der Waals surface area (Å²) in [5.41, 5.74) is 7.92. The predicted molar refractivity (Wildman–Crippen MR) is 56.3 cm³/mol. The fourth-order valence-corrected chi connectivity index (χ4v) is 1.38. The fourth-order valence-electron chi connectivity index (χ4n) is 1.38. The zero-order valence-corrected chi connectivity index (χ0v) is 8.25. The number of hydrogen-bond donors (Lipinski definition) is 2. The van der Waals surface area contributed by atoms with Gasteiger partial charge in [0.1, 0.15) is 0 Å². The molecular formula is C10H17N3. The Morgan fingerprint density at radius 1 is 1.69 bits per heavy atom. The second-order valence-corrected chi connectivity index (χ2v) is 3.31. The van der Waals surface area contributed by atoms with Gasteiger partial charge in [-0.1, -0.05) is 13.0 Å². The van der Waals surface area contributed by atoms with Crippen molar-refractivity contribution in [1.82, 2.24) is 5.32 Å². The Labute approximate surface area is 79.4 Å². The molecule has 0 saturated carbocycles. The highest BCUT2D eigenvalue weighted by Gasteiger charge is 2.14. The van der Waals surface area contributed by atoms with Gasteiger partial charge in [0.25, 0.3) is 0 Å². The maximum Gasteiger partial charge on any atom is 0.0424 e. The molecule has 0 aliphatic heterocycles. The SMILES string of the molecule is CN/C=C\N=C1/CC=C(N)CC1C. The number of aliphatic imine (C=N–C) groups is 1. The van der Waals surface area contributed by atoms with E-state index in [4.69, 9.17) is 5.73 Å². The van der Waals surface area contributed by atoms with Crippen molar-refractivity contribution in [3.8, 4) is 0 Å². The molecule has 0 saturated heterocycles. The molecule has 1 aliphatic carbocycles. The first-order valence-corrected chi connectivity index (χ1v) is 4.57. The molecule has 72 valence electrons. The zero-order chi connectivity index (χ0) is 9.68. The highest BCUT2D eigenvalue weighted by molar-refractivity contribution is 5.89. The van der Waals surface area contributed by atoms with Crippen molar-refractivity contribution in [3.63, 3.8) is 0 Å². The molecule has 3 heteroatoms. The molecule has 0 aromatic carbocycles. The maximum absolute atomic E-state index is 5.72. The normalized spacial score (nSPS) is 26.5. The van der Waals surface area contributed by atoms with Crippen LogP contribution in [0.2, 0.25) is 0 Å².